The molecule has 1 saturated heterocycles. The number of likely N-dealkylation sites (N-methyl/N-ethyl adjacent to an activating group) is 1. The number of rotatable bonds is 2. The number of amides is 1. The van der Waals surface area contributed by atoms with Crippen LogP contribution in [0.2, 0.25) is 0 Å². The number of carbonyl (C=O) groups excluding carboxylic acids is 1. The van der Waals surface area contributed by atoms with Gasteiger partial charge >= 0.3 is 0 Å². The summed E-state index contributed by atoms with van der Waals surface area (Å²) in [5, 5.41) is 0. The van der Waals surface area contributed by atoms with E-state index in [4.69, 9.17) is 0 Å². The van der Waals surface area contributed by atoms with E-state index in [-0.39, 0.29) is 17.8 Å². The number of benzene rings is 1. The third kappa shape index (κ3) is 3.64. The molecule has 1 aliphatic rings. The van der Waals surface area contributed by atoms with E-state index in [0.29, 0.717) is 5.56 Å². The van der Waals surface area contributed by atoms with Crippen molar-refractivity contribution in [3.63, 3.8) is 0 Å². The topological polar surface area (TPSA) is 23.6 Å². The van der Waals surface area contributed by atoms with Gasteiger partial charge in [0.1, 0.15) is 5.82 Å². The average Bonchev–Trinajstić information content (AvgIpc) is 2.36. The van der Waals surface area contributed by atoms with Gasteiger partial charge in [0.05, 0.1) is 0 Å². The largest absolute Gasteiger partial charge is 0.334 e. The van der Waals surface area contributed by atoms with Gasteiger partial charge in [-0.15, -0.1) is 0 Å². The first-order chi connectivity index (χ1) is 9.06. The van der Waals surface area contributed by atoms with Gasteiger partial charge in [-0.3, -0.25) is 4.79 Å². The molecule has 1 fully saturated rings. The summed E-state index contributed by atoms with van der Waals surface area (Å²) in [4.78, 5) is 16.2. The summed E-state index contributed by atoms with van der Waals surface area (Å²) in [7, 11) is 2.06. The number of piperazine rings is 1. The third-order valence-electron chi connectivity index (χ3n) is 3.38. The number of hydrogen-bond acceptors (Lipinski definition) is 2. The first kappa shape index (κ1) is 13.7. The summed E-state index contributed by atoms with van der Waals surface area (Å²) in [5.41, 5.74) is 0.704. The highest BCUT2D eigenvalue weighted by Crippen LogP contribution is 2.10. The second-order valence-electron chi connectivity index (χ2n) is 5.03. The summed E-state index contributed by atoms with van der Waals surface area (Å²) in [6.45, 7) is 4.57. The van der Waals surface area contributed by atoms with E-state index in [1.165, 1.54) is 18.2 Å². The summed E-state index contributed by atoms with van der Waals surface area (Å²) < 4.78 is 13.0. The molecule has 102 valence electrons. The maximum absolute atomic E-state index is 13.0. The SMILES string of the molecule is CC1CN(C)CCN1C(=O)C=Cc1cccc(F)c1. The molecule has 1 aliphatic heterocycles. The third-order valence-corrected chi connectivity index (χ3v) is 3.38. The highest BCUT2D eigenvalue weighted by molar-refractivity contribution is 5.92. The lowest BCUT2D eigenvalue weighted by atomic mass is 10.1. The van der Waals surface area contributed by atoms with Crippen LogP contribution in [0.15, 0.2) is 30.3 Å². The molecule has 4 heteroatoms. The Morgan fingerprint density at radius 1 is 1.42 bits per heavy atom. The minimum absolute atomic E-state index is 0.00939. The van der Waals surface area contributed by atoms with Gasteiger partial charge in [0.15, 0.2) is 0 Å². The Hall–Kier alpha value is -1.68. The first-order valence-corrected chi connectivity index (χ1v) is 6.49. The minimum Gasteiger partial charge on any atom is -0.334 e. The lowest BCUT2D eigenvalue weighted by Gasteiger charge is -2.37. The van der Waals surface area contributed by atoms with E-state index in [1.807, 2.05) is 11.8 Å². The maximum Gasteiger partial charge on any atom is 0.246 e. The molecular formula is C15H19FN2O. The minimum atomic E-state index is -0.289. The molecule has 19 heavy (non-hydrogen) atoms. The molecule has 1 heterocycles. The molecule has 1 unspecified atom stereocenters. The zero-order valence-electron chi connectivity index (χ0n) is 11.3. The summed E-state index contributed by atoms with van der Waals surface area (Å²) in [6.07, 6.45) is 3.19. The monoisotopic (exact) mass is 262 g/mol. The van der Waals surface area contributed by atoms with Crippen LogP contribution in [-0.4, -0.2) is 48.4 Å². The lowest BCUT2D eigenvalue weighted by Crippen LogP contribution is -2.52. The smallest absolute Gasteiger partial charge is 0.246 e. The van der Waals surface area contributed by atoms with Crippen LogP contribution in [-0.2, 0) is 4.79 Å². The van der Waals surface area contributed by atoms with Gasteiger partial charge in [-0.1, -0.05) is 12.1 Å². The second kappa shape index (κ2) is 5.97. The molecular weight excluding hydrogens is 243 g/mol. The van der Waals surface area contributed by atoms with Crippen molar-refractivity contribution in [2.75, 3.05) is 26.7 Å². The molecule has 0 aromatic heterocycles. The van der Waals surface area contributed by atoms with Crippen molar-refractivity contribution in [2.24, 2.45) is 0 Å². The molecule has 1 atom stereocenters. The van der Waals surface area contributed by atoms with E-state index in [9.17, 15) is 9.18 Å². The van der Waals surface area contributed by atoms with E-state index in [0.717, 1.165) is 19.6 Å². The molecule has 1 aromatic carbocycles. The van der Waals surface area contributed by atoms with Crippen LogP contribution in [0.4, 0.5) is 4.39 Å². The van der Waals surface area contributed by atoms with Gasteiger partial charge in [0.25, 0.3) is 0 Å². The number of nitrogens with zero attached hydrogens (tertiary/aromatic N) is 2. The predicted octanol–water partition coefficient (Wildman–Crippen LogP) is 2.00. The van der Waals surface area contributed by atoms with Gasteiger partial charge in [0, 0.05) is 31.8 Å². The molecule has 1 aromatic rings. The van der Waals surface area contributed by atoms with Gasteiger partial charge in [-0.2, -0.15) is 0 Å². The highest BCUT2D eigenvalue weighted by atomic mass is 19.1. The second-order valence-corrected chi connectivity index (χ2v) is 5.03. The van der Waals surface area contributed by atoms with Crippen LogP contribution in [0.3, 0.4) is 0 Å². The van der Waals surface area contributed by atoms with E-state index >= 15 is 0 Å². The number of carbonyl (C=O) groups is 1. The summed E-state index contributed by atoms with van der Waals surface area (Å²) in [5.74, 6) is -0.299. The zero-order chi connectivity index (χ0) is 13.8. The number of halogens is 1. The standard InChI is InChI=1S/C15H19FN2O/c1-12-11-17(2)8-9-18(12)15(19)7-6-13-4-3-5-14(16)10-13/h3-7,10,12H,8-9,11H2,1-2H3. The molecule has 2 rings (SSSR count). The molecule has 0 aliphatic carbocycles. The van der Waals surface area contributed by atoms with Crippen LogP contribution in [0.5, 0.6) is 0 Å². The Morgan fingerprint density at radius 2 is 2.21 bits per heavy atom. The molecule has 0 saturated carbocycles. The van der Waals surface area contributed by atoms with Gasteiger partial charge in [-0.25, -0.2) is 4.39 Å². The Bertz CT molecular complexity index is 487. The Labute approximate surface area is 113 Å². The van der Waals surface area contributed by atoms with E-state index in [1.54, 1.807) is 18.2 Å². The Morgan fingerprint density at radius 3 is 2.89 bits per heavy atom. The molecule has 1 amide bonds. The Balaban J connectivity index is 2.01. The van der Waals surface area contributed by atoms with Crippen molar-refractivity contribution in [3.05, 3.63) is 41.7 Å². The van der Waals surface area contributed by atoms with Gasteiger partial charge < -0.3 is 9.80 Å². The average molecular weight is 262 g/mol. The van der Waals surface area contributed by atoms with Crippen LogP contribution < -0.4 is 0 Å². The molecule has 0 spiro atoms. The quantitative estimate of drug-likeness (QED) is 0.761. The normalized spacial score (nSPS) is 21.0. The Kier molecular flexibility index (Phi) is 4.32. The van der Waals surface area contributed by atoms with Crippen molar-refractivity contribution in [3.8, 4) is 0 Å². The maximum atomic E-state index is 13.0. The zero-order valence-corrected chi connectivity index (χ0v) is 11.3. The first-order valence-electron chi connectivity index (χ1n) is 6.49. The van der Waals surface area contributed by atoms with Gasteiger partial charge in [-0.05, 0) is 37.7 Å². The summed E-state index contributed by atoms with van der Waals surface area (Å²) in [6, 6.07) is 6.43. The lowest BCUT2D eigenvalue weighted by molar-refractivity contribution is -0.130. The molecule has 0 N–H and O–H groups in total. The van der Waals surface area contributed by atoms with Crippen LogP contribution in [0, 0.1) is 5.82 Å². The van der Waals surface area contributed by atoms with Crippen molar-refractivity contribution in [1.82, 2.24) is 9.80 Å². The fourth-order valence-corrected chi connectivity index (χ4v) is 2.34. The number of hydrogen-bond donors (Lipinski definition) is 0. The predicted molar refractivity (Wildman–Crippen MR) is 74.1 cm³/mol. The van der Waals surface area contributed by atoms with Crippen molar-refractivity contribution >= 4 is 12.0 Å². The van der Waals surface area contributed by atoms with Crippen LogP contribution in [0.25, 0.3) is 6.08 Å². The fourth-order valence-electron chi connectivity index (χ4n) is 2.34. The summed E-state index contributed by atoms with van der Waals surface area (Å²) >= 11 is 0. The van der Waals surface area contributed by atoms with Gasteiger partial charge in [0.2, 0.25) is 5.91 Å². The highest BCUT2D eigenvalue weighted by Gasteiger charge is 2.23. The van der Waals surface area contributed by atoms with E-state index < -0.39 is 0 Å². The molecule has 0 bridgehead atoms. The van der Waals surface area contributed by atoms with Crippen LogP contribution in [0.1, 0.15) is 12.5 Å². The molecule has 3 nitrogen and oxygen atoms in total. The van der Waals surface area contributed by atoms with Crippen molar-refractivity contribution in [2.45, 2.75) is 13.0 Å². The van der Waals surface area contributed by atoms with Crippen molar-refractivity contribution in [1.29, 1.82) is 0 Å². The van der Waals surface area contributed by atoms with Crippen molar-refractivity contribution < 1.29 is 9.18 Å². The van der Waals surface area contributed by atoms with E-state index in [2.05, 4.69) is 11.9 Å². The van der Waals surface area contributed by atoms with Crippen LogP contribution >= 0.6 is 0 Å². The molecule has 0 radical (unpaired) electrons. The fraction of sp³-hybridized carbons (Fsp3) is 0.400.